The molecule has 1 aliphatic heterocycles. The van der Waals surface area contributed by atoms with Gasteiger partial charge in [0.05, 0.1) is 6.10 Å². The molecule has 0 spiro atoms. The van der Waals surface area contributed by atoms with Crippen LogP contribution in [-0.4, -0.2) is 12.7 Å². The Morgan fingerprint density at radius 1 is 1.00 bits per heavy atom. The summed E-state index contributed by atoms with van der Waals surface area (Å²) in [6, 6.07) is 0. The fourth-order valence-electron chi connectivity index (χ4n) is 2.84. The van der Waals surface area contributed by atoms with Crippen LogP contribution >= 0.6 is 0 Å². The van der Waals surface area contributed by atoms with Gasteiger partial charge in [0.15, 0.2) is 0 Å². The van der Waals surface area contributed by atoms with Crippen LogP contribution in [0.4, 0.5) is 0 Å². The maximum atomic E-state index is 5.74. The molecule has 0 saturated carbocycles. The average Bonchev–Trinajstić information content (AvgIpc) is 2.86. The molecule has 2 atom stereocenters. The van der Waals surface area contributed by atoms with Crippen molar-refractivity contribution in [2.45, 2.75) is 90.6 Å². The number of ether oxygens (including phenoxy) is 1. The Labute approximate surface area is 108 Å². The Balaban J connectivity index is 1.83. The van der Waals surface area contributed by atoms with Gasteiger partial charge in [-0.25, -0.2) is 0 Å². The molecule has 1 heteroatoms. The van der Waals surface area contributed by atoms with E-state index >= 15 is 0 Å². The van der Waals surface area contributed by atoms with E-state index in [2.05, 4.69) is 13.8 Å². The minimum atomic E-state index is 0.583. The highest BCUT2D eigenvalue weighted by atomic mass is 16.5. The van der Waals surface area contributed by atoms with E-state index in [0.29, 0.717) is 6.10 Å². The minimum Gasteiger partial charge on any atom is -0.378 e. The first kappa shape index (κ1) is 15.0. The lowest BCUT2D eigenvalue weighted by atomic mass is 9.95. The minimum absolute atomic E-state index is 0.583. The smallest absolute Gasteiger partial charge is 0.0601 e. The van der Waals surface area contributed by atoms with Gasteiger partial charge in [0.2, 0.25) is 0 Å². The lowest BCUT2D eigenvalue weighted by Crippen LogP contribution is -2.16. The predicted octanol–water partition coefficient (Wildman–Crippen LogP) is 5.33. The van der Waals surface area contributed by atoms with Gasteiger partial charge in [0.1, 0.15) is 0 Å². The van der Waals surface area contributed by atoms with Crippen molar-refractivity contribution in [2.75, 3.05) is 6.61 Å². The summed E-state index contributed by atoms with van der Waals surface area (Å²) in [5.41, 5.74) is 0. The van der Waals surface area contributed by atoms with Crippen LogP contribution in [0.3, 0.4) is 0 Å². The normalized spacial score (nSPS) is 21.9. The third-order valence-electron chi connectivity index (χ3n) is 4.11. The molecule has 0 N–H and O–H groups in total. The monoisotopic (exact) mass is 240 g/mol. The Morgan fingerprint density at radius 2 is 1.65 bits per heavy atom. The molecule has 17 heavy (non-hydrogen) atoms. The van der Waals surface area contributed by atoms with Gasteiger partial charge in [-0.3, -0.25) is 0 Å². The molecule has 0 bridgehead atoms. The maximum absolute atomic E-state index is 5.74. The molecule has 0 amide bonds. The van der Waals surface area contributed by atoms with Crippen molar-refractivity contribution in [2.24, 2.45) is 5.92 Å². The van der Waals surface area contributed by atoms with Crippen LogP contribution in [0.2, 0.25) is 0 Å². The van der Waals surface area contributed by atoms with Crippen LogP contribution in [0.25, 0.3) is 0 Å². The van der Waals surface area contributed by atoms with E-state index in [1.54, 1.807) is 0 Å². The Hall–Kier alpha value is -0.0400. The molecule has 1 nitrogen and oxygen atoms in total. The van der Waals surface area contributed by atoms with Gasteiger partial charge in [0.25, 0.3) is 0 Å². The van der Waals surface area contributed by atoms with Crippen molar-refractivity contribution in [3.05, 3.63) is 0 Å². The van der Waals surface area contributed by atoms with Crippen molar-refractivity contribution in [3.63, 3.8) is 0 Å². The molecule has 102 valence electrons. The fraction of sp³-hybridized carbons (Fsp3) is 1.00. The van der Waals surface area contributed by atoms with E-state index in [0.717, 1.165) is 12.5 Å². The van der Waals surface area contributed by atoms with E-state index in [9.17, 15) is 0 Å². The lowest BCUT2D eigenvalue weighted by Gasteiger charge is -2.18. The first-order valence-corrected chi connectivity index (χ1v) is 7.96. The summed E-state index contributed by atoms with van der Waals surface area (Å²) in [4.78, 5) is 0. The molecule has 0 aliphatic carbocycles. The van der Waals surface area contributed by atoms with E-state index in [-0.39, 0.29) is 0 Å². The number of hydrogen-bond donors (Lipinski definition) is 0. The molecule has 0 radical (unpaired) electrons. The van der Waals surface area contributed by atoms with Gasteiger partial charge in [-0.1, -0.05) is 65.2 Å². The zero-order valence-corrected chi connectivity index (χ0v) is 12.0. The van der Waals surface area contributed by atoms with E-state index in [1.165, 1.54) is 70.6 Å². The largest absolute Gasteiger partial charge is 0.378 e. The first-order valence-electron chi connectivity index (χ1n) is 7.96. The Bertz CT molecular complexity index is 161. The van der Waals surface area contributed by atoms with Crippen LogP contribution in [0, 0.1) is 5.92 Å². The molecule has 1 fully saturated rings. The summed E-state index contributed by atoms with van der Waals surface area (Å²) in [6.07, 6.45) is 16.0. The zero-order valence-electron chi connectivity index (χ0n) is 12.0. The van der Waals surface area contributed by atoms with Gasteiger partial charge in [-0.2, -0.15) is 0 Å². The second-order valence-corrected chi connectivity index (χ2v) is 5.79. The molecule has 2 unspecified atom stereocenters. The summed E-state index contributed by atoms with van der Waals surface area (Å²) < 4.78 is 5.74. The van der Waals surface area contributed by atoms with Gasteiger partial charge >= 0.3 is 0 Å². The molecule has 0 aromatic rings. The lowest BCUT2D eigenvalue weighted by molar-refractivity contribution is 0.0653. The van der Waals surface area contributed by atoms with Crippen LogP contribution < -0.4 is 0 Å². The Morgan fingerprint density at radius 3 is 2.24 bits per heavy atom. The van der Waals surface area contributed by atoms with E-state index < -0.39 is 0 Å². The van der Waals surface area contributed by atoms with Crippen LogP contribution in [0.5, 0.6) is 0 Å². The van der Waals surface area contributed by atoms with Crippen LogP contribution in [-0.2, 0) is 4.74 Å². The Kier molecular flexibility index (Phi) is 8.78. The summed E-state index contributed by atoms with van der Waals surface area (Å²) in [7, 11) is 0. The van der Waals surface area contributed by atoms with Gasteiger partial charge in [0, 0.05) is 6.61 Å². The number of unbranched alkanes of at least 4 members (excludes halogenated alkanes) is 7. The van der Waals surface area contributed by atoms with Crippen molar-refractivity contribution in [3.8, 4) is 0 Å². The average molecular weight is 240 g/mol. The van der Waals surface area contributed by atoms with Crippen LogP contribution in [0.15, 0.2) is 0 Å². The quantitative estimate of drug-likeness (QED) is 0.469. The van der Waals surface area contributed by atoms with Crippen molar-refractivity contribution in [1.29, 1.82) is 0 Å². The molecule has 1 aliphatic rings. The van der Waals surface area contributed by atoms with Gasteiger partial charge in [-0.05, 0) is 25.2 Å². The second kappa shape index (κ2) is 9.94. The van der Waals surface area contributed by atoms with Crippen molar-refractivity contribution < 1.29 is 4.74 Å². The molecule has 1 rings (SSSR count). The highest BCUT2D eigenvalue weighted by Gasteiger charge is 2.21. The molecule has 0 aromatic heterocycles. The molecule has 0 aromatic carbocycles. The summed E-state index contributed by atoms with van der Waals surface area (Å²) >= 11 is 0. The number of hydrogen-bond acceptors (Lipinski definition) is 1. The second-order valence-electron chi connectivity index (χ2n) is 5.79. The molecule has 1 heterocycles. The van der Waals surface area contributed by atoms with Gasteiger partial charge in [-0.15, -0.1) is 0 Å². The van der Waals surface area contributed by atoms with Crippen molar-refractivity contribution in [1.82, 2.24) is 0 Å². The number of rotatable bonds is 10. The summed E-state index contributed by atoms with van der Waals surface area (Å²) in [5, 5.41) is 0. The third kappa shape index (κ3) is 7.08. The van der Waals surface area contributed by atoms with Crippen LogP contribution in [0.1, 0.15) is 84.5 Å². The summed E-state index contributed by atoms with van der Waals surface area (Å²) in [5.74, 6) is 0.789. The first-order chi connectivity index (χ1) is 8.34. The van der Waals surface area contributed by atoms with E-state index in [4.69, 9.17) is 4.74 Å². The molecule has 1 saturated heterocycles. The highest BCUT2D eigenvalue weighted by molar-refractivity contribution is 4.71. The predicted molar refractivity (Wildman–Crippen MR) is 75.4 cm³/mol. The molecular weight excluding hydrogens is 208 g/mol. The highest BCUT2D eigenvalue weighted by Crippen LogP contribution is 2.24. The zero-order chi connectivity index (χ0) is 12.3. The van der Waals surface area contributed by atoms with Crippen molar-refractivity contribution >= 4 is 0 Å². The maximum Gasteiger partial charge on any atom is 0.0601 e. The van der Waals surface area contributed by atoms with Gasteiger partial charge < -0.3 is 4.74 Å². The fourth-order valence-corrected chi connectivity index (χ4v) is 2.84. The topological polar surface area (TPSA) is 9.23 Å². The SMILES string of the molecule is CCCCCCCCCCC(C)C1CCCO1. The summed E-state index contributed by atoms with van der Waals surface area (Å²) in [6.45, 7) is 5.66. The third-order valence-corrected chi connectivity index (χ3v) is 4.11. The standard InChI is InChI=1S/C16H32O/c1-3-4-5-6-7-8-9-10-12-15(2)16-13-11-14-17-16/h15-16H,3-14H2,1-2H3. The van der Waals surface area contributed by atoms with E-state index in [1.807, 2.05) is 0 Å². The molecular formula is C16H32O.